The number of thioether (sulfide) groups is 1. The van der Waals surface area contributed by atoms with Gasteiger partial charge in [-0.15, -0.1) is 11.8 Å². The molecule has 164 valence electrons. The Labute approximate surface area is 186 Å². The minimum atomic E-state index is -3.61. The second-order valence-electron chi connectivity index (χ2n) is 7.88. The van der Waals surface area contributed by atoms with Crippen LogP contribution in [0.25, 0.3) is 0 Å². The Kier molecular flexibility index (Phi) is 6.09. The van der Waals surface area contributed by atoms with E-state index in [-0.39, 0.29) is 29.0 Å². The van der Waals surface area contributed by atoms with E-state index in [1.54, 1.807) is 12.1 Å². The maximum absolute atomic E-state index is 13.0. The highest BCUT2D eigenvalue weighted by Crippen LogP contribution is 2.37. The lowest BCUT2D eigenvalue weighted by Crippen LogP contribution is -2.41. The summed E-state index contributed by atoms with van der Waals surface area (Å²) in [5, 5.41) is 2.87. The highest BCUT2D eigenvalue weighted by atomic mass is 32.2. The summed E-state index contributed by atoms with van der Waals surface area (Å²) < 4.78 is 27.4. The van der Waals surface area contributed by atoms with E-state index >= 15 is 0 Å². The normalized spacial score (nSPS) is 17.0. The monoisotopic (exact) mass is 459 g/mol. The highest BCUT2D eigenvalue weighted by molar-refractivity contribution is 8.00. The third-order valence-electron chi connectivity index (χ3n) is 5.55. The van der Waals surface area contributed by atoms with Crippen LogP contribution < -0.4 is 10.2 Å². The maximum Gasteiger partial charge on any atom is 0.244 e. The highest BCUT2D eigenvalue weighted by Gasteiger charge is 2.31. The van der Waals surface area contributed by atoms with Gasteiger partial charge in [0.15, 0.2) is 0 Å². The van der Waals surface area contributed by atoms with Crippen LogP contribution in [-0.4, -0.2) is 49.9 Å². The van der Waals surface area contributed by atoms with Crippen molar-refractivity contribution >= 4 is 45.0 Å². The van der Waals surface area contributed by atoms with Gasteiger partial charge in [-0.05, 0) is 62.1 Å². The molecule has 0 saturated carbocycles. The Morgan fingerprint density at radius 2 is 1.84 bits per heavy atom. The van der Waals surface area contributed by atoms with Crippen LogP contribution in [0.4, 0.5) is 11.4 Å². The Morgan fingerprint density at radius 3 is 2.58 bits per heavy atom. The lowest BCUT2D eigenvalue weighted by molar-refractivity contribution is -0.120. The molecule has 2 amide bonds. The minimum absolute atomic E-state index is 0.156. The van der Waals surface area contributed by atoms with Gasteiger partial charge < -0.3 is 10.2 Å². The first-order valence-corrected chi connectivity index (χ1v) is 12.6. The SMILES string of the molecule is Cc1ccc(C)c(NC(=O)CN2C(=O)CSc3ccc(S(=O)(=O)N4CCCC4)cc32)c1. The Bertz CT molecular complexity index is 1140. The maximum atomic E-state index is 13.0. The molecule has 2 aromatic rings. The van der Waals surface area contributed by atoms with E-state index in [4.69, 9.17) is 0 Å². The molecule has 9 heteroatoms. The molecule has 2 heterocycles. The van der Waals surface area contributed by atoms with E-state index < -0.39 is 10.0 Å². The third-order valence-corrected chi connectivity index (χ3v) is 8.49. The Balaban J connectivity index is 1.60. The van der Waals surface area contributed by atoms with E-state index in [1.807, 2.05) is 32.0 Å². The third kappa shape index (κ3) is 4.49. The molecule has 2 aliphatic heterocycles. The lowest BCUT2D eigenvalue weighted by Gasteiger charge is -2.29. The Hall–Kier alpha value is -2.36. The standard InChI is InChI=1S/C22H25N3O4S2/c1-15-5-6-16(2)18(11-15)23-21(26)13-25-19-12-17(7-8-20(19)30-14-22(25)27)31(28,29)24-9-3-4-10-24/h5-8,11-12H,3-4,9-10,13-14H2,1-2H3,(H,23,26). The summed E-state index contributed by atoms with van der Waals surface area (Å²) >= 11 is 1.36. The van der Waals surface area contributed by atoms with Crippen LogP contribution in [0, 0.1) is 13.8 Å². The molecule has 1 saturated heterocycles. The number of fused-ring (bicyclic) bond motifs is 1. The number of anilines is 2. The van der Waals surface area contributed by atoms with Gasteiger partial charge in [-0.25, -0.2) is 8.42 Å². The molecule has 0 aliphatic carbocycles. The summed E-state index contributed by atoms with van der Waals surface area (Å²) in [5.74, 6) is -0.334. The van der Waals surface area contributed by atoms with E-state index in [9.17, 15) is 18.0 Å². The van der Waals surface area contributed by atoms with Crippen LogP contribution in [-0.2, 0) is 19.6 Å². The first kappa shape index (κ1) is 21.9. The van der Waals surface area contributed by atoms with Crippen molar-refractivity contribution < 1.29 is 18.0 Å². The summed E-state index contributed by atoms with van der Waals surface area (Å²) in [6, 6.07) is 10.6. The fourth-order valence-corrected chi connectivity index (χ4v) is 6.25. The predicted molar refractivity (Wildman–Crippen MR) is 122 cm³/mol. The van der Waals surface area contributed by atoms with Crippen LogP contribution in [0.15, 0.2) is 46.2 Å². The number of rotatable bonds is 5. The summed E-state index contributed by atoms with van der Waals surface area (Å²) in [4.78, 5) is 27.7. The van der Waals surface area contributed by atoms with Crippen molar-refractivity contribution in [1.82, 2.24) is 4.31 Å². The average Bonchev–Trinajstić information content (AvgIpc) is 3.28. The zero-order valence-corrected chi connectivity index (χ0v) is 19.2. The minimum Gasteiger partial charge on any atom is -0.324 e. The number of hydrogen-bond donors (Lipinski definition) is 1. The van der Waals surface area contributed by atoms with Gasteiger partial charge in [-0.1, -0.05) is 12.1 Å². The molecule has 1 N–H and O–H groups in total. The van der Waals surface area contributed by atoms with E-state index in [1.165, 1.54) is 27.0 Å². The van der Waals surface area contributed by atoms with Gasteiger partial charge in [0.2, 0.25) is 21.8 Å². The molecule has 0 spiro atoms. The average molecular weight is 460 g/mol. The molecular weight excluding hydrogens is 434 g/mol. The van der Waals surface area contributed by atoms with Crippen molar-refractivity contribution in [3.63, 3.8) is 0 Å². The van der Waals surface area contributed by atoms with E-state index in [0.29, 0.717) is 24.5 Å². The van der Waals surface area contributed by atoms with Crippen molar-refractivity contribution in [3.8, 4) is 0 Å². The molecule has 31 heavy (non-hydrogen) atoms. The largest absolute Gasteiger partial charge is 0.324 e. The molecule has 7 nitrogen and oxygen atoms in total. The number of benzene rings is 2. The second kappa shape index (κ2) is 8.64. The van der Waals surface area contributed by atoms with Gasteiger partial charge in [0, 0.05) is 23.7 Å². The number of sulfonamides is 1. The number of nitrogens with one attached hydrogen (secondary N) is 1. The van der Waals surface area contributed by atoms with Crippen molar-refractivity contribution in [1.29, 1.82) is 0 Å². The van der Waals surface area contributed by atoms with Crippen LogP contribution in [0.5, 0.6) is 0 Å². The van der Waals surface area contributed by atoms with Gasteiger partial charge >= 0.3 is 0 Å². The fraction of sp³-hybridized carbons (Fsp3) is 0.364. The molecule has 0 radical (unpaired) electrons. The van der Waals surface area contributed by atoms with Gasteiger partial charge in [0.05, 0.1) is 16.3 Å². The molecule has 4 rings (SSSR count). The lowest BCUT2D eigenvalue weighted by atomic mass is 10.1. The van der Waals surface area contributed by atoms with Crippen molar-refractivity contribution in [2.24, 2.45) is 0 Å². The van der Waals surface area contributed by atoms with Crippen LogP contribution in [0.2, 0.25) is 0 Å². The number of aryl methyl sites for hydroxylation is 2. The molecule has 0 bridgehead atoms. The number of hydrogen-bond acceptors (Lipinski definition) is 5. The van der Waals surface area contributed by atoms with Crippen molar-refractivity contribution in [2.45, 2.75) is 36.5 Å². The van der Waals surface area contributed by atoms with Gasteiger partial charge in [-0.3, -0.25) is 9.59 Å². The second-order valence-corrected chi connectivity index (χ2v) is 10.8. The summed E-state index contributed by atoms with van der Waals surface area (Å²) in [6.45, 7) is 4.69. The van der Waals surface area contributed by atoms with E-state index in [2.05, 4.69) is 5.32 Å². The van der Waals surface area contributed by atoms with Gasteiger partial charge in [0.1, 0.15) is 6.54 Å². The number of carbonyl (C=O) groups is 2. The first-order valence-electron chi connectivity index (χ1n) is 10.2. The van der Waals surface area contributed by atoms with Gasteiger partial charge in [-0.2, -0.15) is 4.31 Å². The first-order chi connectivity index (χ1) is 14.8. The molecule has 2 aliphatic rings. The summed E-state index contributed by atoms with van der Waals surface area (Å²) in [5.41, 5.74) is 3.12. The smallest absolute Gasteiger partial charge is 0.244 e. The van der Waals surface area contributed by atoms with Crippen molar-refractivity contribution in [3.05, 3.63) is 47.5 Å². The predicted octanol–water partition coefficient (Wildman–Crippen LogP) is 3.17. The summed E-state index contributed by atoms with van der Waals surface area (Å²) in [7, 11) is -3.61. The topological polar surface area (TPSA) is 86.8 Å². The molecule has 1 fully saturated rings. The van der Waals surface area contributed by atoms with Crippen LogP contribution in [0.3, 0.4) is 0 Å². The van der Waals surface area contributed by atoms with Gasteiger partial charge in [0.25, 0.3) is 0 Å². The number of nitrogens with zero attached hydrogens (tertiary/aromatic N) is 2. The number of amides is 2. The summed E-state index contributed by atoms with van der Waals surface area (Å²) in [6.07, 6.45) is 1.70. The quantitative estimate of drug-likeness (QED) is 0.742. The zero-order chi connectivity index (χ0) is 22.2. The molecule has 2 aromatic carbocycles. The molecular formula is C22H25N3O4S2. The number of carbonyl (C=O) groups excluding carboxylic acids is 2. The fourth-order valence-electron chi connectivity index (χ4n) is 3.80. The Morgan fingerprint density at radius 1 is 1.10 bits per heavy atom. The van der Waals surface area contributed by atoms with Crippen LogP contribution >= 0.6 is 11.8 Å². The van der Waals surface area contributed by atoms with E-state index in [0.717, 1.165) is 28.9 Å². The molecule has 0 aromatic heterocycles. The molecule has 0 unspecified atom stereocenters. The molecule has 0 atom stereocenters. The zero-order valence-electron chi connectivity index (χ0n) is 17.6. The van der Waals surface area contributed by atoms with Crippen molar-refractivity contribution in [2.75, 3.05) is 35.6 Å². The van der Waals surface area contributed by atoms with Crippen LogP contribution in [0.1, 0.15) is 24.0 Å².